The lowest BCUT2D eigenvalue weighted by atomic mass is 10.0. The number of hydrogen-bond acceptors (Lipinski definition) is 5. The Balaban J connectivity index is 3.43. The van der Waals surface area contributed by atoms with Crippen molar-refractivity contribution in [1.29, 1.82) is 0 Å². The van der Waals surface area contributed by atoms with E-state index in [2.05, 4.69) is 62.5 Å². The molecule has 0 aromatic heterocycles. The Morgan fingerprint density at radius 2 is 0.662 bits per heavy atom. The summed E-state index contributed by atoms with van der Waals surface area (Å²) in [6.45, 7) is 4.06. The Morgan fingerprint density at radius 3 is 1.00 bits per heavy atom. The fraction of sp³-hybridized carbons (Fsp3) is 0.833. The van der Waals surface area contributed by atoms with E-state index in [0.717, 1.165) is 70.6 Å². The molecule has 1 unspecified atom stereocenters. The molecule has 0 aromatic rings. The Morgan fingerprint density at radius 1 is 0.369 bits per heavy atom. The fourth-order valence-electron chi connectivity index (χ4n) is 8.61. The third-order valence-corrected chi connectivity index (χ3v) is 12.9. The van der Waals surface area contributed by atoms with Crippen LogP contribution in [0.5, 0.6) is 0 Å². The van der Waals surface area contributed by atoms with Crippen LogP contribution in [0.25, 0.3) is 0 Å². The molecule has 65 heavy (non-hydrogen) atoms. The standard InChI is InChI=1S/C60H110O5/c1-3-5-7-9-11-13-15-17-19-21-23-25-26-27-28-29-30-31-32-33-35-36-38-40-42-44-46-48-50-52-54-59(62)64-57-58(56-61)65-60(63)55-53-51-49-47-45-43-41-39-37-34-24-22-20-18-16-14-12-10-8-6-4-2/h6,8,12,14,18,20,24,34,58,61H,3-5,7,9-11,13,15-17,19,21-23,25-33,35-57H2,1-2H3/b8-6-,14-12-,20-18-,34-24-. The highest BCUT2D eigenvalue weighted by Gasteiger charge is 2.16. The van der Waals surface area contributed by atoms with Crippen molar-refractivity contribution in [3.8, 4) is 0 Å². The Labute approximate surface area is 405 Å². The number of unbranched alkanes of at least 4 members (excludes halogenated alkanes) is 37. The van der Waals surface area contributed by atoms with Crippen LogP contribution in [0.1, 0.15) is 303 Å². The minimum Gasteiger partial charge on any atom is -0.462 e. The van der Waals surface area contributed by atoms with Crippen LogP contribution in [0, 0.1) is 0 Å². The predicted molar refractivity (Wildman–Crippen MR) is 284 cm³/mol. The van der Waals surface area contributed by atoms with Gasteiger partial charge in [-0.2, -0.15) is 0 Å². The van der Waals surface area contributed by atoms with Crippen LogP contribution in [-0.4, -0.2) is 36.4 Å². The topological polar surface area (TPSA) is 72.8 Å². The number of aliphatic hydroxyl groups excluding tert-OH is 1. The summed E-state index contributed by atoms with van der Waals surface area (Å²) in [7, 11) is 0. The Kier molecular flexibility index (Phi) is 54.3. The predicted octanol–water partition coefficient (Wildman–Crippen LogP) is 19.3. The lowest BCUT2D eigenvalue weighted by Crippen LogP contribution is -2.28. The molecule has 5 nitrogen and oxygen atoms in total. The van der Waals surface area contributed by atoms with E-state index >= 15 is 0 Å². The van der Waals surface area contributed by atoms with Crippen molar-refractivity contribution in [3.63, 3.8) is 0 Å². The highest BCUT2D eigenvalue weighted by Crippen LogP contribution is 2.18. The largest absolute Gasteiger partial charge is 0.462 e. The normalized spacial score (nSPS) is 12.5. The van der Waals surface area contributed by atoms with Gasteiger partial charge < -0.3 is 14.6 Å². The molecule has 0 radical (unpaired) electrons. The summed E-state index contributed by atoms with van der Waals surface area (Å²) in [5, 5.41) is 9.65. The van der Waals surface area contributed by atoms with E-state index < -0.39 is 6.10 Å². The number of allylic oxidation sites excluding steroid dienone is 8. The lowest BCUT2D eigenvalue weighted by Gasteiger charge is -2.15. The number of esters is 2. The monoisotopic (exact) mass is 911 g/mol. The zero-order chi connectivity index (χ0) is 47.0. The van der Waals surface area contributed by atoms with E-state index in [0.29, 0.717) is 12.8 Å². The molecule has 5 heteroatoms. The van der Waals surface area contributed by atoms with E-state index in [9.17, 15) is 14.7 Å². The number of aliphatic hydroxyl groups is 1. The Bertz CT molecular complexity index is 1080. The van der Waals surface area contributed by atoms with Crippen molar-refractivity contribution in [2.45, 2.75) is 309 Å². The molecule has 0 amide bonds. The molecular formula is C60H110O5. The number of carbonyl (C=O) groups is 2. The van der Waals surface area contributed by atoms with Crippen molar-refractivity contribution in [2.24, 2.45) is 0 Å². The van der Waals surface area contributed by atoms with Gasteiger partial charge in [0.05, 0.1) is 6.61 Å². The zero-order valence-electron chi connectivity index (χ0n) is 43.5. The molecule has 0 rings (SSSR count). The first-order chi connectivity index (χ1) is 32.1. The van der Waals surface area contributed by atoms with Gasteiger partial charge in [-0.3, -0.25) is 9.59 Å². The molecule has 380 valence electrons. The average Bonchev–Trinajstić information content (AvgIpc) is 3.31. The first kappa shape index (κ1) is 62.9. The second-order valence-electron chi connectivity index (χ2n) is 19.3. The smallest absolute Gasteiger partial charge is 0.306 e. The number of ether oxygens (including phenoxy) is 2. The fourth-order valence-corrected chi connectivity index (χ4v) is 8.61. The third kappa shape index (κ3) is 54.4. The third-order valence-electron chi connectivity index (χ3n) is 12.9. The number of hydrogen-bond donors (Lipinski definition) is 1. The summed E-state index contributed by atoms with van der Waals surface area (Å²) in [5.74, 6) is -0.587. The van der Waals surface area contributed by atoms with Gasteiger partial charge in [0.15, 0.2) is 6.10 Å². The van der Waals surface area contributed by atoms with E-state index in [1.807, 2.05) is 0 Å². The first-order valence-electron chi connectivity index (χ1n) is 28.7. The molecule has 0 heterocycles. The van der Waals surface area contributed by atoms with Gasteiger partial charge in [-0.05, 0) is 51.4 Å². The van der Waals surface area contributed by atoms with Gasteiger partial charge in [-0.15, -0.1) is 0 Å². The molecule has 1 atom stereocenters. The second-order valence-corrected chi connectivity index (χ2v) is 19.3. The van der Waals surface area contributed by atoms with Gasteiger partial charge in [0, 0.05) is 12.8 Å². The van der Waals surface area contributed by atoms with Crippen molar-refractivity contribution in [2.75, 3.05) is 13.2 Å². The van der Waals surface area contributed by atoms with Crippen molar-refractivity contribution >= 4 is 11.9 Å². The van der Waals surface area contributed by atoms with Gasteiger partial charge >= 0.3 is 11.9 Å². The van der Waals surface area contributed by atoms with E-state index in [1.54, 1.807) is 0 Å². The van der Waals surface area contributed by atoms with Crippen molar-refractivity contribution in [3.05, 3.63) is 48.6 Å². The van der Waals surface area contributed by atoms with Gasteiger partial charge in [-0.25, -0.2) is 0 Å². The van der Waals surface area contributed by atoms with Gasteiger partial charge in [0.2, 0.25) is 0 Å². The van der Waals surface area contributed by atoms with Gasteiger partial charge in [0.1, 0.15) is 6.61 Å². The molecular weight excluding hydrogens is 801 g/mol. The van der Waals surface area contributed by atoms with Crippen LogP contribution in [0.4, 0.5) is 0 Å². The van der Waals surface area contributed by atoms with Crippen LogP contribution < -0.4 is 0 Å². The highest BCUT2D eigenvalue weighted by molar-refractivity contribution is 5.70. The molecule has 0 fully saturated rings. The summed E-state index contributed by atoms with van der Waals surface area (Å²) >= 11 is 0. The SMILES string of the molecule is CC/C=C\C/C=C\C/C=C\C/C=C\CCCCCCCCCCC(=O)OC(CO)COC(=O)CCCCCCCCCCCCCCCCCCCCCCCCCCCCCCCC. The number of carbonyl (C=O) groups excluding carboxylic acids is 2. The maximum atomic E-state index is 12.3. The van der Waals surface area contributed by atoms with Gasteiger partial charge in [-0.1, -0.05) is 287 Å². The molecule has 0 aliphatic heterocycles. The van der Waals surface area contributed by atoms with Crippen LogP contribution in [0.15, 0.2) is 48.6 Å². The van der Waals surface area contributed by atoms with Crippen LogP contribution in [0.3, 0.4) is 0 Å². The Hall–Kier alpha value is -2.14. The quantitative estimate of drug-likeness (QED) is 0.0374. The molecule has 0 aromatic carbocycles. The van der Waals surface area contributed by atoms with Crippen LogP contribution in [0.2, 0.25) is 0 Å². The lowest BCUT2D eigenvalue weighted by molar-refractivity contribution is -0.161. The average molecular weight is 912 g/mol. The van der Waals surface area contributed by atoms with Crippen molar-refractivity contribution in [1.82, 2.24) is 0 Å². The highest BCUT2D eigenvalue weighted by atomic mass is 16.6. The number of rotatable bonds is 53. The van der Waals surface area contributed by atoms with Crippen molar-refractivity contribution < 1.29 is 24.2 Å². The molecule has 0 saturated carbocycles. The summed E-state index contributed by atoms with van der Waals surface area (Å²) in [5.41, 5.74) is 0. The molecule has 0 aliphatic rings. The zero-order valence-corrected chi connectivity index (χ0v) is 43.5. The summed E-state index contributed by atoms with van der Waals surface area (Å²) < 4.78 is 10.7. The maximum Gasteiger partial charge on any atom is 0.306 e. The minimum absolute atomic E-state index is 0.0665. The molecule has 0 aliphatic carbocycles. The van der Waals surface area contributed by atoms with Crippen LogP contribution in [-0.2, 0) is 19.1 Å². The van der Waals surface area contributed by atoms with Crippen LogP contribution >= 0.6 is 0 Å². The molecule has 1 N–H and O–H groups in total. The molecule has 0 saturated heterocycles. The van der Waals surface area contributed by atoms with E-state index in [-0.39, 0.29) is 25.2 Å². The van der Waals surface area contributed by atoms with Gasteiger partial charge in [0.25, 0.3) is 0 Å². The van der Waals surface area contributed by atoms with E-state index in [4.69, 9.17) is 9.47 Å². The minimum atomic E-state index is -0.776. The second kappa shape index (κ2) is 56.2. The maximum absolute atomic E-state index is 12.3. The molecule has 0 bridgehead atoms. The summed E-state index contributed by atoms with van der Waals surface area (Å²) in [6.07, 6.45) is 73.8. The summed E-state index contributed by atoms with van der Waals surface area (Å²) in [6, 6.07) is 0. The first-order valence-corrected chi connectivity index (χ1v) is 28.7. The summed E-state index contributed by atoms with van der Waals surface area (Å²) in [4.78, 5) is 24.5. The van der Waals surface area contributed by atoms with E-state index in [1.165, 1.54) is 205 Å². The molecule has 0 spiro atoms.